The van der Waals surface area contributed by atoms with Gasteiger partial charge in [-0.3, -0.25) is 4.79 Å². The molecule has 0 aromatic heterocycles. The molecule has 9 heteroatoms. The first-order chi connectivity index (χ1) is 18.9. The van der Waals surface area contributed by atoms with E-state index in [9.17, 15) is 18.3 Å². The van der Waals surface area contributed by atoms with Crippen LogP contribution in [0.4, 0.5) is 0 Å². The van der Waals surface area contributed by atoms with Gasteiger partial charge in [-0.15, -0.1) is 0 Å². The molecule has 3 aromatic rings. The number of hydrogen-bond acceptors (Lipinski definition) is 5. The molecule has 3 rings (SSSR count). The zero-order chi connectivity index (χ0) is 29.3. The second kappa shape index (κ2) is 14.2. The Morgan fingerprint density at radius 2 is 1.70 bits per heavy atom. The molecule has 216 valence electrons. The number of carboxylic acid groups (broad SMARTS) is 1. The summed E-state index contributed by atoms with van der Waals surface area (Å²) in [6.07, 6.45) is 2.41. The van der Waals surface area contributed by atoms with Gasteiger partial charge in [0, 0.05) is 42.7 Å². The van der Waals surface area contributed by atoms with E-state index in [0.29, 0.717) is 12.0 Å². The van der Waals surface area contributed by atoms with Crippen molar-refractivity contribution in [3.05, 3.63) is 88.9 Å². The molecule has 0 saturated heterocycles. The highest BCUT2D eigenvalue weighted by Crippen LogP contribution is 2.31. The fraction of sp³-hybridized carbons (Fsp3) is 0.387. The fourth-order valence-electron chi connectivity index (χ4n) is 4.54. The first-order valence-corrected chi connectivity index (χ1v) is 15.2. The molecule has 0 aliphatic rings. The lowest BCUT2D eigenvalue weighted by Crippen LogP contribution is -2.46. The topological polar surface area (TPSA) is 107 Å². The van der Waals surface area contributed by atoms with Gasteiger partial charge in [0.1, 0.15) is 0 Å². The molecule has 0 saturated carbocycles. The lowest BCUT2D eigenvalue weighted by Gasteiger charge is -2.29. The van der Waals surface area contributed by atoms with Gasteiger partial charge in [-0.05, 0) is 68.4 Å². The molecule has 3 aromatic carbocycles. The van der Waals surface area contributed by atoms with Gasteiger partial charge >= 0.3 is 5.97 Å². The Balaban J connectivity index is 1.57. The highest BCUT2D eigenvalue weighted by Gasteiger charge is 2.25. The zero-order valence-electron chi connectivity index (χ0n) is 23.3. The van der Waals surface area contributed by atoms with Crippen LogP contribution < -0.4 is 5.32 Å². The molecule has 0 amide bonds. The number of aliphatic carboxylic acids is 1. The van der Waals surface area contributed by atoms with Gasteiger partial charge in [-0.2, -0.15) is 4.31 Å². The van der Waals surface area contributed by atoms with Crippen molar-refractivity contribution in [2.75, 3.05) is 20.1 Å². The number of carbonyl (C=O) groups is 1. The van der Waals surface area contributed by atoms with Crippen molar-refractivity contribution >= 4 is 27.6 Å². The molecular formula is C31H39ClN2O5S. The van der Waals surface area contributed by atoms with Crippen molar-refractivity contribution in [2.24, 2.45) is 0 Å². The Morgan fingerprint density at radius 1 is 1.00 bits per heavy atom. The van der Waals surface area contributed by atoms with Crippen LogP contribution >= 0.6 is 11.6 Å². The van der Waals surface area contributed by atoms with E-state index in [4.69, 9.17) is 16.7 Å². The minimum absolute atomic E-state index is 0.0217. The van der Waals surface area contributed by atoms with Crippen LogP contribution in [-0.2, 0) is 27.7 Å². The predicted octanol–water partition coefficient (Wildman–Crippen LogP) is 5.40. The van der Waals surface area contributed by atoms with Crippen molar-refractivity contribution < 1.29 is 23.4 Å². The Morgan fingerprint density at radius 3 is 2.38 bits per heavy atom. The van der Waals surface area contributed by atoms with Crippen molar-refractivity contribution in [1.29, 1.82) is 0 Å². The fourth-order valence-corrected chi connectivity index (χ4v) is 6.13. The smallest absolute Gasteiger partial charge is 0.303 e. The summed E-state index contributed by atoms with van der Waals surface area (Å²) in [7, 11) is -2.44. The predicted molar refractivity (Wildman–Crippen MR) is 160 cm³/mol. The van der Waals surface area contributed by atoms with Crippen molar-refractivity contribution in [2.45, 2.75) is 62.5 Å². The third kappa shape index (κ3) is 9.42. The summed E-state index contributed by atoms with van der Waals surface area (Å²) in [5, 5.41) is 23.2. The van der Waals surface area contributed by atoms with Gasteiger partial charge in [0.05, 0.1) is 11.0 Å². The lowest BCUT2D eigenvalue weighted by atomic mass is 9.95. The molecule has 1 atom stereocenters. The van der Waals surface area contributed by atoms with Crippen molar-refractivity contribution in [1.82, 2.24) is 9.62 Å². The van der Waals surface area contributed by atoms with Crippen LogP contribution in [0.25, 0.3) is 11.1 Å². The van der Waals surface area contributed by atoms with E-state index in [0.717, 1.165) is 34.7 Å². The average Bonchev–Trinajstić information content (AvgIpc) is 2.91. The van der Waals surface area contributed by atoms with Crippen LogP contribution in [-0.4, -0.2) is 60.7 Å². The number of β-amino-alcohol motifs (C(OH)–C–C–N with tert-alkyl or cyclic N) is 1. The molecule has 0 aliphatic heterocycles. The number of nitrogens with zero attached hydrogens (tertiary/aromatic N) is 1. The SMILES string of the molecule is CN(C[C@H](O)CNC(C)(C)CCCc1ccccc1)S(=O)(=O)c1ccc(-c2cccc(CCC(=O)O)c2)c(Cl)c1. The van der Waals surface area contributed by atoms with E-state index >= 15 is 0 Å². The quantitative estimate of drug-likeness (QED) is 0.220. The normalized spacial score (nSPS) is 12.9. The molecule has 3 N–H and O–H groups in total. The number of nitrogens with one attached hydrogen (secondary N) is 1. The maximum atomic E-state index is 13.2. The monoisotopic (exact) mass is 586 g/mol. The number of aryl methyl sites for hydroxylation is 2. The standard InChI is InChI=1S/C31H39ClN2O5S/c1-31(2,18-8-12-23-9-5-4-6-10-23)33-21-26(35)22-34(3)40(38,39)27-15-16-28(29(32)20-27)25-13-7-11-24(19-25)14-17-30(36)37/h4-7,9-11,13,15-16,19-20,26,33,35H,8,12,14,17-18,21-22H2,1-3H3,(H,36,37)/t26-/m1/s1. The molecule has 0 bridgehead atoms. The number of carboxylic acids is 1. The summed E-state index contributed by atoms with van der Waals surface area (Å²) in [5.41, 5.74) is 3.37. The molecule has 7 nitrogen and oxygen atoms in total. The van der Waals surface area contributed by atoms with E-state index < -0.39 is 22.1 Å². The number of sulfonamides is 1. The first-order valence-electron chi connectivity index (χ1n) is 13.4. The summed E-state index contributed by atoms with van der Waals surface area (Å²) in [6.45, 7) is 4.35. The van der Waals surface area contributed by atoms with Gasteiger partial charge in [0.15, 0.2) is 0 Å². The van der Waals surface area contributed by atoms with Gasteiger partial charge < -0.3 is 15.5 Å². The maximum absolute atomic E-state index is 13.2. The summed E-state index contributed by atoms with van der Waals surface area (Å²) in [5.74, 6) is -0.870. The van der Waals surface area contributed by atoms with Gasteiger partial charge in [-0.25, -0.2) is 8.42 Å². The number of halogens is 1. The van der Waals surface area contributed by atoms with Crippen molar-refractivity contribution in [3.8, 4) is 11.1 Å². The van der Waals surface area contributed by atoms with Gasteiger partial charge in [0.25, 0.3) is 0 Å². The third-order valence-corrected chi connectivity index (χ3v) is 9.04. The molecule has 40 heavy (non-hydrogen) atoms. The number of rotatable bonds is 15. The maximum Gasteiger partial charge on any atom is 0.303 e. The largest absolute Gasteiger partial charge is 0.481 e. The van der Waals surface area contributed by atoms with E-state index in [2.05, 4.69) is 31.3 Å². The number of benzene rings is 3. The van der Waals surface area contributed by atoms with E-state index in [-0.39, 0.29) is 35.0 Å². The van der Waals surface area contributed by atoms with Gasteiger partial charge in [-0.1, -0.05) is 72.3 Å². The molecule has 0 fully saturated rings. The molecule has 0 spiro atoms. The lowest BCUT2D eigenvalue weighted by molar-refractivity contribution is -0.136. The Labute approximate surface area is 242 Å². The number of hydrogen-bond donors (Lipinski definition) is 3. The number of likely N-dealkylation sites (N-methyl/N-ethyl adjacent to an activating group) is 1. The van der Waals surface area contributed by atoms with Crippen LogP contribution in [0.5, 0.6) is 0 Å². The Kier molecular flexibility index (Phi) is 11.3. The van der Waals surface area contributed by atoms with E-state index in [1.807, 2.05) is 42.5 Å². The highest BCUT2D eigenvalue weighted by atomic mass is 35.5. The van der Waals surface area contributed by atoms with Crippen LogP contribution in [0.3, 0.4) is 0 Å². The Hall–Kier alpha value is -2.75. The summed E-state index contributed by atoms with van der Waals surface area (Å²) in [6, 6.07) is 22.2. The second-order valence-corrected chi connectivity index (χ2v) is 13.2. The average molecular weight is 587 g/mol. The minimum atomic E-state index is -3.88. The summed E-state index contributed by atoms with van der Waals surface area (Å²) in [4.78, 5) is 10.9. The summed E-state index contributed by atoms with van der Waals surface area (Å²) < 4.78 is 27.6. The molecule has 0 radical (unpaired) electrons. The zero-order valence-corrected chi connectivity index (χ0v) is 24.9. The Bertz CT molecular complexity index is 1380. The van der Waals surface area contributed by atoms with Gasteiger partial charge in [0.2, 0.25) is 10.0 Å². The minimum Gasteiger partial charge on any atom is -0.481 e. The van der Waals surface area contributed by atoms with E-state index in [1.54, 1.807) is 6.07 Å². The molecular weight excluding hydrogens is 548 g/mol. The van der Waals surface area contributed by atoms with Crippen LogP contribution in [0.2, 0.25) is 5.02 Å². The van der Waals surface area contributed by atoms with E-state index in [1.165, 1.54) is 24.7 Å². The van der Waals surface area contributed by atoms with Crippen LogP contribution in [0.15, 0.2) is 77.7 Å². The first kappa shape index (κ1) is 31.8. The molecule has 0 aliphatic carbocycles. The highest BCUT2D eigenvalue weighted by molar-refractivity contribution is 7.89. The number of aliphatic hydroxyl groups is 1. The van der Waals surface area contributed by atoms with Crippen LogP contribution in [0, 0.1) is 0 Å². The van der Waals surface area contributed by atoms with Crippen LogP contribution in [0.1, 0.15) is 44.2 Å². The third-order valence-electron chi connectivity index (χ3n) is 6.91. The van der Waals surface area contributed by atoms with Crippen molar-refractivity contribution in [3.63, 3.8) is 0 Å². The second-order valence-electron chi connectivity index (χ2n) is 10.8. The molecule has 0 heterocycles. The molecule has 0 unspecified atom stereocenters. The number of aliphatic hydroxyl groups excluding tert-OH is 1. The summed E-state index contributed by atoms with van der Waals surface area (Å²) >= 11 is 6.50.